The summed E-state index contributed by atoms with van der Waals surface area (Å²) in [6, 6.07) is 18.5. The monoisotopic (exact) mass is 413 g/mol. The molecule has 0 saturated carbocycles. The molecule has 0 aliphatic carbocycles. The molecule has 2 heterocycles. The molecule has 1 saturated heterocycles. The van der Waals surface area contributed by atoms with E-state index in [0.717, 1.165) is 10.8 Å². The van der Waals surface area contributed by atoms with E-state index in [4.69, 9.17) is 4.74 Å². The molecule has 3 aromatic rings. The molecule has 2 aliphatic rings. The topological polar surface area (TPSA) is 63.7 Å². The van der Waals surface area contributed by atoms with Gasteiger partial charge in [0.05, 0.1) is 12.0 Å². The van der Waals surface area contributed by atoms with Crippen molar-refractivity contribution in [1.82, 2.24) is 4.90 Å². The number of ether oxygens (including phenoxy) is 1. The van der Waals surface area contributed by atoms with Gasteiger partial charge >= 0.3 is 0 Å². The van der Waals surface area contributed by atoms with Crippen LogP contribution in [-0.2, 0) is 0 Å². The third-order valence-corrected chi connectivity index (χ3v) is 6.48. The summed E-state index contributed by atoms with van der Waals surface area (Å²) in [4.78, 5) is 39.1. The number of nitrogens with zero attached hydrogens (tertiary/aromatic N) is 1. The highest BCUT2D eigenvalue weighted by atomic mass is 16.5. The average Bonchev–Trinajstić information content (AvgIpc) is 2.79. The zero-order chi connectivity index (χ0) is 21.6. The van der Waals surface area contributed by atoms with Crippen molar-refractivity contribution in [3.8, 4) is 5.75 Å². The molecule has 31 heavy (non-hydrogen) atoms. The Morgan fingerprint density at radius 2 is 1.58 bits per heavy atom. The molecule has 3 aromatic carbocycles. The number of piperidine rings is 1. The van der Waals surface area contributed by atoms with Gasteiger partial charge in [-0.15, -0.1) is 0 Å². The molecule has 1 fully saturated rings. The van der Waals surface area contributed by atoms with E-state index in [2.05, 4.69) is 0 Å². The average molecular weight is 413 g/mol. The van der Waals surface area contributed by atoms with Crippen LogP contribution >= 0.6 is 0 Å². The van der Waals surface area contributed by atoms with E-state index in [1.54, 1.807) is 29.2 Å². The van der Waals surface area contributed by atoms with E-state index in [1.807, 2.05) is 36.4 Å². The van der Waals surface area contributed by atoms with Gasteiger partial charge in [-0.3, -0.25) is 14.4 Å². The summed E-state index contributed by atoms with van der Waals surface area (Å²) in [6.07, 6.45) is 1.56. The Hall–Kier alpha value is -3.47. The molecule has 0 bridgehead atoms. The van der Waals surface area contributed by atoms with E-state index >= 15 is 0 Å². The van der Waals surface area contributed by atoms with Gasteiger partial charge in [0.1, 0.15) is 11.4 Å². The summed E-state index contributed by atoms with van der Waals surface area (Å²) in [6.45, 7) is 2.56. The first-order valence-electron chi connectivity index (χ1n) is 10.6. The second-order valence-electron chi connectivity index (χ2n) is 8.47. The van der Waals surface area contributed by atoms with Crippen molar-refractivity contribution in [2.24, 2.45) is 0 Å². The lowest BCUT2D eigenvalue weighted by molar-refractivity contribution is -0.00468. The third kappa shape index (κ3) is 3.40. The molecule has 0 atom stereocenters. The molecule has 5 rings (SSSR count). The Kier molecular flexibility index (Phi) is 4.62. The van der Waals surface area contributed by atoms with Gasteiger partial charge < -0.3 is 9.64 Å². The lowest BCUT2D eigenvalue weighted by Gasteiger charge is -2.44. The van der Waals surface area contributed by atoms with Crippen LogP contribution in [0.2, 0.25) is 0 Å². The minimum Gasteiger partial charge on any atom is -0.485 e. The van der Waals surface area contributed by atoms with E-state index in [0.29, 0.717) is 54.8 Å². The second kappa shape index (κ2) is 7.34. The number of carbonyl (C=O) groups excluding carboxylic acids is 3. The van der Waals surface area contributed by atoms with Crippen molar-refractivity contribution >= 4 is 28.2 Å². The summed E-state index contributed by atoms with van der Waals surface area (Å²) in [5.41, 5.74) is 1.24. The molecule has 2 aliphatic heterocycles. The van der Waals surface area contributed by atoms with Crippen LogP contribution in [0.15, 0.2) is 60.7 Å². The Morgan fingerprint density at radius 3 is 2.29 bits per heavy atom. The van der Waals surface area contributed by atoms with Crippen molar-refractivity contribution in [1.29, 1.82) is 0 Å². The molecule has 0 radical (unpaired) electrons. The molecule has 1 amide bonds. The first kappa shape index (κ1) is 19.5. The first-order chi connectivity index (χ1) is 15.0. The van der Waals surface area contributed by atoms with Crippen LogP contribution in [0.4, 0.5) is 0 Å². The van der Waals surface area contributed by atoms with E-state index in [9.17, 15) is 14.4 Å². The Bertz CT molecular complexity index is 1200. The maximum absolute atomic E-state index is 12.9. The smallest absolute Gasteiger partial charge is 0.253 e. The minimum atomic E-state index is -0.566. The Balaban J connectivity index is 1.35. The summed E-state index contributed by atoms with van der Waals surface area (Å²) < 4.78 is 6.52. The number of rotatable bonds is 2. The summed E-state index contributed by atoms with van der Waals surface area (Å²) in [5.74, 6) is 0.698. The number of ketones is 2. The Labute approximate surface area is 180 Å². The number of hydrogen-bond acceptors (Lipinski definition) is 4. The predicted octanol–water partition coefficient (Wildman–Crippen LogP) is 4.68. The van der Waals surface area contributed by atoms with Crippen LogP contribution in [-0.4, -0.2) is 41.1 Å². The highest BCUT2D eigenvalue weighted by molar-refractivity contribution is 6.06. The third-order valence-electron chi connectivity index (χ3n) is 6.48. The summed E-state index contributed by atoms with van der Waals surface area (Å²) in [7, 11) is 0. The normalized spacial score (nSPS) is 17.3. The van der Waals surface area contributed by atoms with Gasteiger partial charge in [-0.05, 0) is 30.5 Å². The van der Waals surface area contributed by atoms with Crippen LogP contribution in [0, 0.1) is 0 Å². The summed E-state index contributed by atoms with van der Waals surface area (Å²) >= 11 is 0. The van der Waals surface area contributed by atoms with Crippen molar-refractivity contribution in [2.45, 2.75) is 31.8 Å². The molecular formula is C26H23NO4. The van der Waals surface area contributed by atoms with Gasteiger partial charge in [-0.2, -0.15) is 0 Å². The van der Waals surface area contributed by atoms with E-state index in [1.165, 1.54) is 6.92 Å². The van der Waals surface area contributed by atoms with Crippen LogP contribution in [0.25, 0.3) is 10.8 Å². The van der Waals surface area contributed by atoms with Crippen molar-refractivity contribution < 1.29 is 19.1 Å². The zero-order valence-electron chi connectivity index (χ0n) is 17.4. The molecular weight excluding hydrogens is 390 g/mol. The number of carbonyl (C=O) groups is 3. The van der Waals surface area contributed by atoms with Gasteiger partial charge in [0.2, 0.25) is 0 Å². The molecule has 5 nitrogen and oxygen atoms in total. The molecule has 0 aromatic heterocycles. The Morgan fingerprint density at radius 1 is 0.903 bits per heavy atom. The maximum atomic E-state index is 12.9. The summed E-state index contributed by atoms with van der Waals surface area (Å²) in [5, 5.41) is 2.00. The molecule has 0 N–H and O–H groups in total. The van der Waals surface area contributed by atoms with Gasteiger partial charge in [-0.25, -0.2) is 0 Å². The lowest BCUT2D eigenvalue weighted by atomic mass is 9.81. The van der Waals surface area contributed by atoms with Crippen molar-refractivity contribution in [3.05, 3.63) is 77.4 Å². The van der Waals surface area contributed by atoms with Crippen LogP contribution in [0.3, 0.4) is 0 Å². The van der Waals surface area contributed by atoms with E-state index in [-0.39, 0.29) is 17.5 Å². The lowest BCUT2D eigenvalue weighted by Crippen LogP contribution is -2.52. The highest BCUT2D eigenvalue weighted by Crippen LogP contribution is 2.43. The van der Waals surface area contributed by atoms with Gasteiger partial charge in [0.15, 0.2) is 11.6 Å². The molecule has 5 heteroatoms. The molecule has 1 spiro atoms. The zero-order valence-corrected chi connectivity index (χ0v) is 17.4. The molecule has 156 valence electrons. The maximum Gasteiger partial charge on any atom is 0.253 e. The minimum absolute atomic E-state index is 0.0224. The quantitative estimate of drug-likeness (QED) is 0.572. The first-order valence-corrected chi connectivity index (χ1v) is 10.6. The van der Waals surface area contributed by atoms with E-state index < -0.39 is 5.60 Å². The van der Waals surface area contributed by atoms with Crippen molar-refractivity contribution in [3.63, 3.8) is 0 Å². The predicted molar refractivity (Wildman–Crippen MR) is 118 cm³/mol. The fraction of sp³-hybridized carbons (Fsp3) is 0.269. The van der Waals surface area contributed by atoms with Crippen LogP contribution in [0.1, 0.15) is 57.3 Å². The number of likely N-dealkylation sites (tertiary alicyclic amines) is 1. The largest absolute Gasteiger partial charge is 0.485 e. The second-order valence-corrected chi connectivity index (χ2v) is 8.47. The number of fused-ring (bicyclic) bond motifs is 3. The molecule has 0 unspecified atom stereocenters. The SMILES string of the molecule is CC(=O)c1ccc(C(=O)N2CCC3(CC2)CC(=O)c2ccc4ccccc4c2O3)cc1. The number of hydrogen-bond donors (Lipinski definition) is 0. The number of amides is 1. The fourth-order valence-electron chi connectivity index (χ4n) is 4.64. The standard InChI is InChI=1S/C26H23NO4/c1-17(28)18-6-8-20(9-7-18)25(30)27-14-12-26(13-15-27)16-23(29)22-11-10-19-4-2-3-5-21(19)24(22)31-26/h2-11H,12-16H2,1H3. The van der Waals surface area contributed by atoms with Gasteiger partial charge in [-0.1, -0.05) is 42.5 Å². The van der Waals surface area contributed by atoms with Crippen LogP contribution in [0.5, 0.6) is 5.75 Å². The number of Topliss-reactive ketones (excluding diaryl/α,β-unsaturated/α-hetero) is 2. The van der Waals surface area contributed by atoms with Gasteiger partial charge in [0.25, 0.3) is 5.91 Å². The fourth-order valence-corrected chi connectivity index (χ4v) is 4.64. The van der Waals surface area contributed by atoms with Crippen LogP contribution < -0.4 is 4.74 Å². The van der Waals surface area contributed by atoms with Gasteiger partial charge in [0, 0.05) is 42.4 Å². The number of benzene rings is 3. The van der Waals surface area contributed by atoms with Crippen molar-refractivity contribution in [2.75, 3.05) is 13.1 Å². The highest BCUT2D eigenvalue weighted by Gasteiger charge is 2.44.